The molecular formula is C15H12F3NO3. The molecule has 1 aromatic heterocycles. The maximum absolute atomic E-state index is 12.3. The van der Waals surface area contributed by atoms with Crippen molar-refractivity contribution >= 4 is 17.7 Å². The van der Waals surface area contributed by atoms with E-state index in [-0.39, 0.29) is 5.69 Å². The van der Waals surface area contributed by atoms with Crippen LogP contribution in [0.25, 0.3) is 6.08 Å². The Balaban J connectivity index is 2.07. The molecule has 0 spiro atoms. The average Bonchev–Trinajstić information content (AvgIpc) is 2.83. The molecule has 1 heterocycles. The Labute approximate surface area is 124 Å². The molecule has 0 fully saturated rings. The SMILES string of the molecule is Cc1ccc(/C=C/C(=O)Nc2ccccc2OC(F)(F)F)o1. The standard InChI is InChI=1S/C15H12F3NO3/c1-10-6-7-11(21-10)8-9-14(20)19-12-4-2-3-5-13(12)22-15(16,17)18/h2-9H,1H3,(H,19,20)/b9-8+. The van der Waals surface area contributed by atoms with Crippen LogP contribution in [0.4, 0.5) is 18.9 Å². The maximum Gasteiger partial charge on any atom is 0.573 e. The zero-order chi connectivity index (χ0) is 16.2. The van der Waals surface area contributed by atoms with Gasteiger partial charge in [-0.3, -0.25) is 4.79 Å². The molecule has 7 heteroatoms. The van der Waals surface area contributed by atoms with Crippen molar-refractivity contribution in [2.75, 3.05) is 5.32 Å². The van der Waals surface area contributed by atoms with Gasteiger partial charge in [0, 0.05) is 6.08 Å². The molecule has 0 bridgehead atoms. The Bertz CT molecular complexity index is 689. The monoisotopic (exact) mass is 311 g/mol. The van der Waals surface area contributed by atoms with Crippen LogP contribution in [0.5, 0.6) is 5.75 Å². The Morgan fingerprint density at radius 2 is 1.95 bits per heavy atom. The molecule has 1 amide bonds. The highest BCUT2D eigenvalue weighted by Crippen LogP contribution is 2.29. The Morgan fingerprint density at radius 3 is 2.59 bits per heavy atom. The number of ether oxygens (including phenoxy) is 1. The number of hydrogen-bond donors (Lipinski definition) is 1. The predicted molar refractivity (Wildman–Crippen MR) is 74.2 cm³/mol. The molecular weight excluding hydrogens is 299 g/mol. The molecule has 0 aliphatic rings. The fourth-order valence-electron chi connectivity index (χ4n) is 1.66. The first kappa shape index (κ1) is 15.7. The molecule has 116 valence electrons. The van der Waals surface area contributed by atoms with Gasteiger partial charge in [0.05, 0.1) is 5.69 Å². The zero-order valence-electron chi connectivity index (χ0n) is 11.5. The van der Waals surface area contributed by atoms with Crippen LogP contribution in [-0.4, -0.2) is 12.3 Å². The largest absolute Gasteiger partial charge is 0.573 e. The smallest absolute Gasteiger partial charge is 0.462 e. The lowest BCUT2D eigenvalue weighted by molar-refractivity contribution is -0.274. The molecule has 22 heavy (non-hydrogen) atoms. The predicted octanol–water partition coefficient (Wildman–Crippen LogP) is 4.14. The lowest BCUT2D eigenvalue weighted by Gasteiger charge is -2.12. The van der Waals surface area contributed by atoms with Gasteiger partial charge < -0.3 is 14.5 Å². The van der Waals surface area contributed by atoms with Crippen molar-refractivity contribution in [1.82, 2.24) is 0 Å². The van der Waals surface area contributed by atoms with E-state index in [1.54, 1.807) is 19.1 Å². The molecule has 4 nitrogen and oxygen atoms in total. The number of benzene rings is 1. The van der Waals surface area contributed by atoms with Gasteiger partial charge in [-0.1, -0.05) is 12.1 Å². The second-order valence-electron chi connectivity index (χ2n) is 4.31. The molecule has 0 atom stereocenters. The van der Waals surface area contributed by atoms with Crippen molar-refractivity contribution in [3.8, 4) is 5.75 Å². The van der Waals surface area contributed by atoms with Crippen LogP contribution in [0.1, 0.15) is 11.5 Å². The lowest BCUT2D eigenvalue weighted by Crippen LogP contribution is -2.19. The molecule has 0 aliphatic carbocycles. The maximum atomic E-state index is 12.3. The van der Waals surface area contributed by atoms with Crippen molar-refractivity contribution in [3.05, 3.63) is 54.0 Å². The highest BCUT2D eigenvalue weighted by molar-refractivity contribution is 6.02. The highest BCUT2D eigenvalue weighted by atomic mass is 19.4. The summed E-state index contributed by atoms with van der Waals surface area (Å²) in [7, 11) is 0. The third kappa shape index (κ3) is 4.69. The lowest BCUT2D eigenvalue weighted by atomic mass is 10.3. The number of rotatable bonds is 4. The summed E-state index contributed by atoms with van der Waals surface area (Å²) < 4.78 is 45.9. The molecule has 1 N–H and O–H groups in total. The van der Waals surface area contributed by atoms with Gasteiger partial charge in [-0.2, -0.15) is 0 Å². The van der Waals surface area contributed by atoms with Crippen LogP contribution in [0.2, 0.25) is 0 Å². The minimum Gasteiger partial charge on any atom is -0.462 e. The molecule has 0 aliphatic heterocycles. The molecule has 0 unspecified atom stereocenters. The summed E-state index contributed by atoms with van der Waals surface area (Å²) in [6, 6.07) is 8.67. The summed E-state index contributed by atoms with van der Waals surface area (Å²) >= 11 is 0. The minimum atomic E-state index is -4.83. The van der Waals surface area contributed by atoms with E-state index in [1.165, 1.54) is 24.3 Å². The van der Waals surface area contributed by atoms with Gasteiger partial charge in [0.1, 0.15) is 11.5 Å². The van der Waals surface area contributed by atoms with Gasteiger partial charge in [0.25, 0.3) is 0 Å². The summed E-state index contributed by atoms with van der Waals surface area (Å²) in [4.78, 5) is 11.7. The number of carbonyl (C=O) groups excluding carboxylic acids is 1. The Morgan fingerprint density at radius 1 is 1.23 bits per heavy atom. The van der Waals surface area contributed by atoms with Gasteiger partial charge in [-0.15, -0.1) is 13.2 Å². The fourth-order valence-corrected chi connectivity index (χ4v) is 1.66. The fraction of sp³-hybridized carbons (Fsp3) is 0.133. The van der Waals surface area contributed by atoms with Crippen molar-refractivity contribution in [3.63, 3.8) is 0 Å². The number of para-hydroxylation sites is 2. The van der Waals surface area contributed by atoms with E-state index < -0.39 is 18.0 Å². The van der Waals surface area contributed by atoms with Crippen molar-refractivity contribution in [1.29, 1.82) is 0 Å². The normalized spacial score (nSPS) is 11.6. The summed E-state index contributed by atoms with van der Waals surface area (Å²) in [6.07, 6.45) is -2.26. The first-order valence-corrected chi connectivity index (χ1v) is 6.24. The number of amides is 1. The second-order valence-corrected chi connectivity index (χ2v) is 4.31. The first-order chi connectivity index (χ1) is 10.3. The summed E-state index contributed by atoms with van der Waals surface area (Å²) in [5.41, 5.74) is -0.0786. The van der Waals surface area contributed by atoms with Gasteiger partial charge in [0.2, 0.25) is 5.91 Å². The summed E-state index contributed by atoms with van der Waals surface area (Å²) in [5.74, 6) is 0.0642. The van der Waals surface area contributed by atoms with E-state index in [1.807, 2.05) is 0 Å². The Hall–Kier alpha value is -2.70. The van der Waals surface area contributed by atoms with E-state index >= 15 is 0 Å². The van der Waals surface area contributed by atoms with E-state index in [0.29, 0.717) is 11.5 Å². The van der Waals surface area contributed by atoms with E-state index in [9.17, 15) is 18.0 Å². The number of halogens is 3. The Kier molecular flexibility index (Phi) is 4.55. The van der Waals surface area contributed by atoms with Crippen molar-refractivity contribution in [2.24, 2.45) is 0 Å². The molecule has 0 saturated heterocycles. The summed E-state index contributed by atoms with van der Waals surface area (Å²) in [5, 5.41) is 2.32. The minimum absolute atomic E-state index is 0.0786. The quantitative estimate of drug-likeness (QED) is 0.863. The topological polar surface area (TPSA) is 51.5 Å². The van der Waals surface area contributed by atoms with Crippen molar-refractivity contribution < 1.29 is 27.1 Å². The van der Waals surface area contributed by atoms with Gasteiger partial charge in [0.15, 0.2) is 5.75 Å². The van der Waals surface area contributed by atoms with Gasteiger partial charge in [-0.25, -0.2) is 0 Å². The van der Waals surface area contributed by atoms with Gasteiger partial charge in [-0.05, 0) is 37.3 Å². The molecule has 0 radical (unpaired) electrons. The van der Waals surface area contributed by atoms with Gasteiger partial charge >= 0.3 is 6.36 Å². The second kappa shape index (κ2) is 6.38. The number of anilines is 1. The summed E-state index contributed by atoms with van der Waals surface area (Å²) in [6.45, 7) is 1.75. The number of aryl methyl sites for hydroxylation is 1. The average molecular weight is 311 g/mol. The molecule has 1 aromatic carbocycles. The molecule has 0 saturated carbocycles. The highest BCUT2D eigenvalue weighted by Gasteiger charge is 2.32. The number of hydrogen-bond acceptors (Lipinski definition) is 3. The van der Waals surface area contributed by atoms with E-state index in [4.69, 9.17) is 4.42 Å². The number of nitrogens with one attached hydrogen (secondary N) is 1. The van der Waals surface area contributed by atoms with Crippen LogP contribution < -0.4 is 10.1 Å². The van der Waals surface area contributed by atoms with E-state index in [0.717, 1.165) is 12.1 Å². The van der Waals surface area contributed by atoms with Crippen molar-refractivity contribution in [2.45, 2.75) is 13.3 Å². The molecule has 2 rings (SSSR count). The van der Waals surface area contributed by atoms with E-state index in [2.05, 4.69) is 10.1 Å². The first-order valence-electron chi connectivity index (χ1n) is 6.24. The number of carbonyl (C=O) groups is 1. The van der Waals surface area contributed by atoms with Crippen LogP contribution in [0.3, 0.4) is 0 Å². The van der Waals surface area contributed by atoms with Crippen LogP contribution >= 0.6 is 0 Å². The van der Waals surface area contributed by atoms with Crippen LogP contribution in [0, 0.1) is 6.92 Å². The molecule has 2 aromatic rings. The number of alkyl halides is 3. The van der Waals surface area contributed by atoms with Crippen LogP contribution in [-0.2, 0) is 4.79 Å². The van der Waals surface area contributed by atoms with Crippen LogP contribution in [0.15, 0.2) is 46.9 Å². The third-order valence-electron chi connectivity index (χ3n) is 2.53. The zero-order valence-corrected chi connectivity index (χ0v) is 11.5. The number of furan rings is 1. The third-order valence-corrected chi connectivity index (χ3v) is 2.53.